The van der Waals surface area contributed by atoms with Crippen molar-refractivity contribution in [2.45, 2.75) is 6.42 Å². The molecule has 118 valence electrons. The van der Waals surface area contributed by atoms with Crippen molar-refractivity contribution >= 4 is 23.2 Å². The highest BCUT2D eigenvalue weighted by Crippen LogP contribution is 2.33. The van der Waals surface area contributed by atoms with Crippen LogP contribution in [0.3, 0.4) is 0 Å². The lowest BCUT2D eigenvalue weighted by Crippen LogP contribution is -2.25. The smallest absolute Gasteiger partial charge is 0.276 e. The molecule has 0 saturated heterocycles. The molecule has 2 N–H and O–H groups in total. The normalized spacial score (nSPS) is 13.8. The summed E-state index contributed by atoms with van der Waals surface area (Å²) in [4.78, 5) is 36.4. The Morgan fingerprint density at radius 2 is 2.13 bits per heavy atom. The highest BCUT2D eigenvalue weighted by molar-refractivity contribution is 6.03. The molecule has 2 amide bonds. The van der Waals surface area contributed by atoms with E-state index in [1.54, 1.807) is 25.2 Å². The van der Waals surface area contributed by atoms with Gasteiger partial charge >= 0.3 is 0 Å². The number of benzene rings is 1. The first-order valence-corrected chi connectivity index (χ1v) is 6.95. The van der Waals surface area contributed by atoms with Crippen LogP contribution < -0.4 is 20.5 Å². The summed E-state index contributed by atoms with van der Waals surface area (Å²) in [5.41, 5.74) is 0.774. The van der Waals surface area contributed by atoms with Gasteiger partial charge in [0, 0.05) is 18.8 Å². The van der Waals surface area contributed by atoms with Crippen molar-refractivity contribution < 1.29 is 14.3 Å². The second-order valence-corrected chi connectivity index (χ2v) is 4.99. The number of fused-ring (bicyclic) bond motifs is 1. The van der Waals surface area contributed by atoms with Gasteiger partial charge in [0.25, 0.3) is 11.5 Å². The molecule has 0 unspecified atom stereocenters. The first-order chi connectivity index (χ1) is 11.0. The molecular formula is C15H14N4O4. The molecule has 8 nitrogen and oxygen atoms in total. The number of aromatic nitrogens is 2. The Hall–Kier alpha value is -3.16. The number of rotatable bonds is 2. The van der Waals surface area contributed by atoms with E-state index >= 15 is 0 Å². The first-order valence-electron chi connectivity index (χ1n) is 6.95. The van der Waals surface area contributed by atoms with E-state index in [0.29, 0.717) is 30.2 Å². The first kappa shape index (κ1) is 14.8. The molecule has 23 heavy (non-hydrogen) atoms. The Labute approximate surface area is 131 Å². The Morgan fingerprint density at radius 3 is 2.87 bits per heavy atom. The van der Waals surface area contributed by atoms with Crippen LogP contribution in [0, 0.1) is 0 Å². The summed E-state index contributed by atoms with van der Waals surface area (Å²) in [5, 5.41) is 8.53. The third kappa shape index (κ3) is 3.05. The molecule has 2 heterocycles. The van der Waals surface area contributed by atoms with Gasteiger partial charge in [0.2, 0.25) is 5.91 Å². The van der Waals surface area contributed by atoms with Crippen molar-refractivity contribution in [1.29, 1.82) is 0 Å². The number of carbonyl (C=O) groups excluding carboxylic acids is 2. The molecule has 1 aliphatic heterocycles. The number of hydrogen-bond donors (Lipinski definition) is 2. The SMILES string of the molecule is CN1C(=O)CCOc2ccc(NC(=O)c3ccc(=O)[nH]n3)cc21. The fourth-order valence-electron chi connectivity index (χ4n) is 2.20. The number of hydrogen-bond acceptors (Lipinski definition) is 5. The fraction of sp³-hybridized carbons (Fsp3) is 0.200. The summed E-state index contributed by atoms with van der Waals surface area (Å²) >= 11 is 0. The van der Waals surface area contributed by atoms with Crippen LogP contribution in [0.2, 0.25) is 0 Å². The number of amides is 2. The summed E-state index contributed by atoms with van der Waals surface area (Å²) in [5.74, 6) is 0.0535. The molecule has 0 atom stereocenters. The molecule has 2 aromatic rings. The van der Waals surface area contributed by atoms with Crippen molar-refractivity contribution in [3.05, 3.63) is 46.4 Å². The Kier molecular flexibility index (Phi) is 3.80. The van der Waals surface area contributed by atoms with Crippen LogP contribution in [-0.4, -0.2) is 35.7 Å². The molecule has 1 aromatic heterocycles. The van der Waals surface area contributed by atoms with Crippen LogP contribution in [0.4, 0.5) is 11.4 Å². The van der Waals surface area contributed by atoms with Gasteiger partial charge in [-0.2, -0.15) is 5.10 Å². The van der Waals surface area contributed by atoms with E-state index in [1.165, 1.54) is 17.0 Å². The van der Waals surface area contributed by atoms with Crippen LogP contribution in [0.25, 0.3) is 0 Å². The lowest BCUT2D eigenvalue weighted by Gasteiger charge is -2.17. The highest BCUT2D eigenvalue weighted by atomic mass is 16.5. The Morgan fingerprint density at radius 1 is 1.30 bits per heavy atom. The predicted octanol–water partition coefficient (Wildman–Crippen LogP) is 0.767. The Bertz CT molecular complexity index is 810. The van der Waals surface area contributed by atoms with Gasteiger partial charge in [0.1, 0.15) is 11.4 Å². The molecule has 0 saturated carbocycles. The molecule has 3 rings (SSSR count). The van der Waals surface area contributed by atoms with Gasteiger partial charge in [-0.3, -0.25) is 14.4 Å². The summed E-state index contributed by atoms with van der Waals surface area (Å²) < 4.78 is 5.52. The molecular weight excluding hydrogens is 300 g/mol. The molecule has 0 fully saturated rings. The third-order valence-electron chi connectivity index (χ3n) is 3.44. The average molecular weight is 314 g/mol. The van der Waals surface area contributed by atoms with E-state index in [9.17, 15) is 14.4 Å². The topological polar surface area (TPSA) is 104 Å². The van der Waals surface area contributed by atoms with E-state index in [0.717, 1.165) is 0 Å². The standard InChI is InChI=1S/C15H14N4O4/c1-19-11-8-9(2-4-12(11)23-7-6-14(19)21)16-15(22)10-3-5-13(20)18-17-10/h2-5,8H,6-7H2,1H3,(H,16,22)(H,18,20). The lowest BCUT2D eigenvalue weighted by atomic mass is 10.2. The zero-order valence-corrected chi connectivity index (χ0v) is 12.3. The van der Waals surface area contributed by atoms with Crippen molar-refractivity contribution in [3.63, 3.8) is 0 Å². The maximum absolute atomic E-state index is 12.1. The highest BCUT2D eigenvalue weighted by Gasteiger charge is 2.20. The predicted molar refractivity (Wildman–Crippen MR) is 82.8 cm³/mol. The van der Waals surface area contributed by atoms with E-state index in [4.69, 9.17) is 4.74 Å². The van der Waals surface area contributed by atoms with Crippen LogP contribution in [0.5, 0.6) is 5.75 Å². The van der Waals surface area contributed by atoms with Gasteiger partial charge in [0.15, 0.2) is 0 Å². The van der Waals surface area contributed by atoms with Crippen molar-refractivity contribution in [1.82, 2.24) is 10.2 Å². The number of aromatic amines is 1. The van der Waals surface area contributed by atoms with Crippen LogP contribution in [0.1, 0.15) is 16.9 Å². The fourth-order valence-corrected chi connectivity index (χ4v) is 2.20. The number of carbonyl (C=O) groups is 2. The number of anilines is 2. The van der Waals surface area contributed by atoms with Crippen LogP contribution >= 0.6 is 0 Å². The minimum Gasteiger partial charge on any atom is -0.491 e. The summed E-state index contributed by atoms with van der Waals surface area (Å²) in [7, 11) is 1.66. The number of nitrogens with one attached hydrogen (secondary N) is 2. The van der Waals surface area contributed by atoms with Gasteiger partial charge in [-0.05, 0) is 24.3 Å². The molecule has 8 heteroatoms. The second kappa shape index (κ2) is 5.91. The number of ether oxygens (including phenoxy) is 1. The zero-order valence-electron chi connectivity index (χ0n) is 12.3. The van der Waals surface area contributed by atoms with Gasteiger partial charge in [0.05, 0.1) is 18.7 Å². The molecule has 0 spiro atoms. The van der Waals surface area contributed by atoms with E-state index in [-0.39, 0.29) is 17.2 Å². The summed E-state index contributed by atoms with van der Waals surface area (Å²) in [6, 6.07) is 7.57. The third-order valence-corrected chi connectivity index (χ3v) is 3.44. The molecule has 0 radical (unpaired) electrons. The minimum atomic E-state index is -0.468. The molecule has 0 bridgehead atoms. The van der Waals surface area contributed by atoms with Crippen molar-refractivity contribution in [2.24, 2.45) is 0 Å². The maximum atomic E-state index is 12.1. The Balaban J connectivity index is 1.85. The van der Waals surface area contributed by atoms with Gasteiger partial charge in [-0.1, -0.05) is 0 Å². The van der Waals surface area contributed by atoms with Crippen LogP contribution in [0.15, 0.2) is 35.1 Å². The van der Waals surface area contributed by atoms with Gasteiger partial charge in [-0.15, -0.1) is 0 Å². The maximum Gasteiger partial charge on any atom is 0.276 e. The molecule has 1 aliphatic rings. The van der Waals surface area contributed by atoms with Gasteiger partial charge in [-0.25, -0.2) is 5.10 Å². The zero-order chi connectivity index (χ0) is 16.4. The lowest BCUT2D eigenvalue weighted by molar-refractivity contribution is -0.118. The quantitative estimate of drug-likeness (QED) is 0.852. The summed E-state index contributed by atoms with van der Waals surface area (Å²) in [6.45, 7) is 0.323. The molecule has 0 aliphatic carbocycles. The van der Waals surface area contributed by atoms with E-state index in [2.05, 4.69) is 15.5 Å². The second-order valence-electron chi connectivity index (χ2n) is 4.99. The van der Waals surface area contributed by atoms with E-state index < -0.39 is 5.91 Å². The number of H-pyrrole nitrogens is 1. The van der Waals surface area contributed by atoms with Crippen LogP contribution in [-0.2, 0) is 4.79 Å². The largest absolute Gasteiger partial charge is 0.491 e. The number of nitrogens with zero attached hydrogens (tertiary/aromatic N) is 2. The molecule has 1 aromatic carbocycles. The van der Waals surface area contributed by atoms with E-state index in [1.807, 2.05) is 0 Å². The minimum absolute atomic E-state index is 0.0606. The van der Waals surface area contributed by atoms with Gasteiger partial charge < -0.3 is 15.0 Å². The van der Waals surface area contributed by atoms with Crippen molar-refractivity contribution in [2.75, 3.05) is 23.9 Å². The average Bonchev–Trinajstić information content (AvgIpc) is 2.68. The van der Waals surface area contributed by atoms with Crippen molar-refractivity contribution in [3.8, 4) is 5.75 Å². The summed E-state index contributed by atoms with van der Waals surface area (Å²) in [6.07, 6.45) is 0.300. The monoisotopic (exact) mass is 314 g/mol.